The third-order valence-corrected chi connectivity index (χ3v) is 7.61. The molecular weight excluding hydrogens is 448 g/mol. The van der Waals surface area contributed by atoms with Gasteiger partial charge in [-0.15, -0.1) is 0 Å². The van der Waals surface area contributed by atoms with Crippen molar-refractivity contribution in [2.75, 3.05) is 35.6 Å². The fourth-order valence-corrected chi connectivity index (χ4v) is 5.46. The number of benzene rings is 1. The summed E-state index contributed by atoms with van der Waals surface area (Å²) in [6.07, 6.45) is 6.18. The highest BCUT2D eigenvalue weighted by atomic mass is 32.2. The second-order valence-electron chi connectivity index (χ2n) is 9.30. The van der Waals surface area contributed by atoms with Crippen LogP contribution < -0.4 is 16.0 Å². The van der Waals surface area contributed by atoms with Crippen molar-refractivity contribution >= 4 is 40.8 Å². The molecular formula is C24H28N8OS. The second-order valence-corrected chi connectivity index (χ2v) is 10.3. The molecule has 1 aromatic carbocycles. The molecule has 0 radical (unpaired) electrons. The Hall–Kier alpha value is -3.11. The van der Waals surface area contributed by atoms with Crippen LogP contribution in [-0.4, -0.2) is 56.6 Å². The summed E-state index contributed by atoms with van der Waals surface area (Å²) in [6, 6.07) is 12.1. The number of rotatable bonds is 8. The van der Waals surface area contributed by atoms with E-state index in [1.54, 1.807) is 6.20 Å². The smallest absolute Gasteiger partial charge is 0.227 e. The Labute approximate surface area is 202 Å². The molecule has 1 amide bonds. The van der Waals surface area contributed by atoms with Gasteiger partial charge in [0.25, 0.3) is 0 Å². The Morgan fingerprint density at radius 2 is 1.82 bits per heavy atom. The monoisotopic (exact) mass is 476 g/mol. The van der Waals surface area contributed by atoms with E-state index in [0.29, 0.717) is 22.9 Å². The summed E-state index contributed by atoms with van der Waals surface area (Å²) >= 11 is 1.50. The topological polar surface area (TPSA) is 111 Å². The molecule has 1 atom stereocenters. The second kappa shape index (κ2) is 9.27. The van der Waals surface area contributed by atoms with E-state index in [1.165, 1.54) is 37.7 Å². The molecule has 10 heteroatoms. The molecule has 9 nitrogen and oxygen atoms in total. The van der Waals surface area contributed by atoms with E-state index in [2.05, 4.69) is 31.0 Å². The highest BCUT2D eigenvalue weighted by molar-refractivity contribution is 7.99. The molecule has 1 saturated carbocycles. The summed E-state index contributed by atoms with van der Waals surface area (Å²) in [6.45, 7) is 3.48. The Morgan fingerprint density at radius 3 is 2.50 bits per heavy atom. The molecule has 4 fully saturated rings. The first kappa shape index (κ1) is 21.4. The molecule has 5 heterocycles. The number of nitrogens with zero attached hydrogens (tertiary/aromatic N) is 4. The van der Waals surface area contributed by atoms with Crippen molar-refractivity contribution in [1.82, 2.24) is 25.1 Å². The van der Waals surface area contributed by atoms with Gasteiger partial charge in [0.1, 0.15) is 17.5 Å². The summed E-state index contributed by atoms with van der Waals surface area (Å²) in [4.78, 5) is 25.1. The zero-order chi connectivity index (χ0) is 22.9. The van der Waals surface area contributed by atoms with Crippen LogP contribution in [0.2, 0.25) is 0 Å². The van der Waals surface area contributed by atoms with Crippen LogP contribution in [0, 0.1) is 11.8 Å². The van der Waals surface area contributed by atoms with Crippen molar-refractivity contribution in [2.45, 2.75) is 41.8 Å². The van der Waals surface area contributed by atoms with Gasteiger partial charge in [-0.2, -0.15) is 5.10 Å². The number of hydrogen-bond donors (Lipinski definition) is 4. The molecule has 2 aromatic heterocycles. The van der Waals surface area contributed by atoms with E-state index in [9.17, 15) is 4.79 Å². The van der Waals surface area contributed by atoms with Crippen molar-refractivity contribution in [2.24, 2.45) is 11.8 Å². The van der Waals surface area contributed by atoms with Crippen LogP contribution in [0.25, 0.3) is 0 Å². The summed E-state index contributed by atoms with van der Waals surface area (Å²) in [7, 11) is 0. The fraction of sp³-hybridized carbons (Fsp3) is 0.417. The molecule has 4 aliphatic rings. The van der Waals surface area contributed by atoms with Crippen LogP contribution in [0.1, 0.15) is 25.7 Å². The van der Waals surface area contributed by atoms with Crippen LogP contribution in [0.5, 0.6) is 0 Å². The molecule has 0 unspecified atom stereocenters. The van der Waals surface area contributed by atoms with Gasteiger partial charge in [0, 0.05) is 41.2 Å². The number of carbonyl (C=O) groups is 1. The standard InChI is InChI=1S/C24H28N8OS/c33-23(16-1-2-16)26-17-3-5-18(6-4-17)34-24-29-21(13-22(30-24)28-20-7-10-25-31-20)27-19-14-32-11-8-15(19)9-12-32/h3-7,10,13,15-16,19H,1-2,8-9,11-12,14H2,(H,26,33)(H3,25,27,28,29,30,31)/t19-/m0/s1. The molecule has 7 rings (SSSR count). The molecule has 3 aromatic rings. The van der Waals surface area contributed by atoms with Gasteiger partial charge >= 0.3 is 0 Å². The Bertz CT molecular complexity index is 1140. The Balaban J connectivity index is 1.20. The lowest BCUT2D eigenvalue weighted by Crippen LogP contribution is -2.53. The number of piperidine rings is 3. The molecule has 3 saturated heterocycles. The molecule has 1 aliphatic carbocycles. The molecule has 176 valence electrons. The minimum Gasteiger partial charge on any atom is -0.366 e. The van der Waals surface area contributed by atoms with E-state index in [1.807, 2.05) is 36.4 Å². The predicted molar refractivity (Wildman–Crippen MR) is 132 cm³/mol. The zero-order valence-electron chi connectivity index (χ0n) is 18.8. The van der Waals surface area contributed by atoms with Crippen molar-refractivity contribution in [3.05, 3.63) is 42.6 Å². The minimum atomic E-state index is 0.116. The number of amides is 1. The third-order valence-electron chi connectivity index (χ3n) is 6.74. The maximum atomic E-state index is 12.0. The minimum absolute atomic E-state index is 0.116. The van der Waals surface area contributed by atoms with Crippen molar-refractivity contribution in [3.8, 4) is 0 Å². The van der Waals surface area contributed by atoms with Crippen molar-refractivity contribution in [1.29, 1.82) is 0 Å². The number of hydrogen-bond acceptors (Lipinski definition) is 8. The average Bonchev–Trinajstić information content (AvgIpc) is 3.58. The van der Waals surface area contributed by atoms with Gasteiger partial charge < -0.3 is 20.9 Å². The first-order valence-electron chi connectivity index (χ1n) is 11.9. The first-order chi connectivity index (χ1) is 16.7. The van der Waals surface area contributed by atoms with E-state index in [-0.39, 0.29) is 11.8 Å². The van der Waals surface area contributed by atoms with Gasteiger partial charge in [0.2, 0.25) is 5.91 Å². The largest absolute Gasteiger partial charge is 0.366 e. The molecule has 0 spiro atoms. The van der Waals surface area contributed by atoms with Crippen LogP contribution >= 0.6 is 11.8 Å². The zero-order valence-corrected chi connectivity index (χ0v) is 19.6. The maximum Gasteiger partial charge on any atom is 0.227 e. The highest BCUT2D eigenvalue weighted by Gasteiger charge is 2.34. The van der Waals surface area contributed by atoms with Gasteiger partial charge in [-0.25, -0.2) is 9.97 Å². The SMILES string of the molecule is O=C(Nc1ccc(Sc2nc(Nc3ccn[nH]3)cc(N[C@H]3CN4CCC3CC4)n2)cc1)C1CC1. The highest BCUT2D eigenvalue weighted by Crippen LogP contribution is 2.33. The molecule has 4 N–H and O–H groups in total. The number of aromatic nitrogens is 4. The van der Waals surface area contributed by atoms with Crippen molar-refractivity contribution in [3.63, 3.8) is 0 Å². The van der Waals surface area contributed by atoms with Crippen LogP contribution in [0.3, 0.4) is 0 Å². The number of carbonyl (C=O) groups excluding carboxylic acids is 1. The number of nitrogens with one attached hydrogen (secondary N) is 4. The maximum absolute atomic E-state index is 12.0. The summed E-state index contributed by atoms with van der Waals surface area (Å²) in [5.41, 5.74) is 0.821. The lowest BCUT2D eigenvalue weighted by Gasteiger charge is -2.45. The number of fused-ring (bicyclic) bond motifs is 3. The van der Waals surface area contributed by atoms with E-state index in [0.717, 1.165) is 41.6 Å². The average molecular weight is 477 g/mol. The van der Waals surface area contributed by atoms with Crippen LogP contribution in [-0.2, 0) is 4.79 Å². The van der Waals surface area contributed by atoms with Gasteiger partial charge in [-0.1, -0.05) is 0 Å². The van der Waals surface area contributed by atoms with Gasteiger partial charge in [0.05, 0.1) is 6.20 Å². The van der Waals surface area contributed by atoms with Crippen LogP contribution in [0.4, 0.5) is 23.1 Å². The Morgan fingerprint density at radius 1 is 1.03 bits per heavy atom. The third kappa shape index (κ3) is 5.02. The summed E-state index contributed by atoms with van der Waals surface area (Å²) in [5, 5.41) is 17.5. The number of H-pyrrole nitrogens is 1. The quantitative estimate of drug-likeness (QED) is 0.362. The van der Waals surface area contributed by atoms with Crippen molar-refractivity contribution < 1.29 is 4.79 Å². The first-order valence-corrected chi connectivity index (χ1v) is 12.7. The van der Waals surface area contributed by atoms with E-state index in [4.69, 9.17) is 9.97 Å². The predicted octanol–water partition coefficient (Wildman–Crippen LogP) is 3.95. The summed E-state index contributed by atoms with van der Waals surface area (Å²) in [5.74, 6) is 3.31. The molecule has 3 aliphatic heterocycles. The summed E-state index contributed by atoms with van der Waals surface area (Å²) < 4.78 is 0. The number of anilines is 4. The Kier molecular flexibility index (Phi) is 5.84. The van der Waals surface area contributed by atoms with E-state index >= 15 is 0 Å². The number of aromatic amines is 1. The fourth-order valence-electron chi connectivity index (χ4n) is 4.69. The van der Waals surface area contributed by atoms with Crippen LogP contribution in [0.15, 0.2) is 52.6 Å². The lowest BCUT2D eigenvalue weighted by molar-refractivity contribution is -0.117. The van der Waals surface area contributed by atoms with Gasteiger partial charge in [-0.05, 0) is 80.7 Å². The van der Waals surface area contributed by atoms with Gasteiger partial charge in [0.15, 0.2) is 5.16 Å². The normalized spacial score (nSPS) is 23.5. The molecule has 34 heavy (non-hydrogen) atoms. The lowest BCUT2D eigenvalue weighted by atomic mass is 9.84. The molecule has 2 bridgehead atoms. The van der Waals surface area contributed by atoms with E-state index < -0.39 is 0 Å². The van der Waals surface area contributed by atoms with Gasteiger partial charge in [-0.3, -0.25) is 9.89 Å².